The van der Waals surface area contributed by atoms with Gasteiger partial charge in [-0.3, -0.25) is 0 Å². The van der Waals surface area contributed by atoms with Gasteiger partial charge in [0.1, 0.15) is 0 Å². The summed E-state index contributed by atoms with van der Waals surface area (Å²) in [5, 5.41) is 10.2. The van der Waals surface area contributed by atoms with Gasteiger partial charge in [0.2, 0.25) is 0 Å². The lowest BCUT2D eigenvalue weighted by Gasteiger charge is -2.61. The second kappa shape index (κ2) is 7.09. The van der Waals surface area contributed by atoms with E-state index in [0.29, 0.717) is 10.8 Å². The third-order valence-corrected chi connectivity index (χ3v) is 10.2. The Morgan fingerprint density at radius 3 is 2.38 bits per heavy atom. The minimum absolute atomic E-state index is 0.00435. The van der Waals surface area contributed by atoms with E-state index in [1.807, 2.05) is 0 Å². The normalized spacial score (nSPS) is 51.0. The summed E-state index contributed by atoms with van der Waals surface area (Å²) in [4.78, 5) is 0. The van der Waals surface area contributed by atoms with Gasteiger partial charge in [-0.05, 0) is 111 Å². The summed E-state index contributed by atoms with van der Waals surface area (Å²) < 4.78 is 0. The van der Waals surface area contributed by atoms with Crippen molar-refractivity contribution in [3.8, 4) is 0 Å². The number of hydrogen-bond donors (Lipinski definition) is 1. The van der Waals surface area contributed by atoms with Crippen LogP contribution in [0.3, 0.4) is 0 Å². The van der Waals surface area contributed by atoms with Gasteiger partial charge in [-0.25, -0.2) is 0 Å². The number of aliphatic hydroxyl groups is 1. The fourth-order valence-corrected chi connectivity index (χ4v) is 8.59. The summed E-state index contributed by atoms with van der Waals surface area (Å²) in [6, 6.07) is 0. The molecule has 0 aromatic rings. The first-order chi connectivity index (χ1) is 12.3. The molecule has 0 saturated heterocycles. The Bertz CT molecular complexity index is 498. The number of fused-ring (bicyclic) bond motifs is 5. The molecule has 4 aliphatic carbocycles. The van der Waals surface area contributed by atoms with Gasteiger partial charge >= 0.3 is 0 Å². The molecule has 4 fully saturated rings. The van der Waals surface area contributed by atoms with E-state index in [0.717, 1.165) is 48.3 Å². The minimum atomic E-state index is -0.00435. The van der Waals surface area contributed by atoms with Gasteiger partial charge in [-0.2, -0.15) is 0 Å². The molecule has 0 spiro atoms. The van der Waals surface area contributed by atoms with Gasteiger partial charge < -0.3 is 5.11 Å². The molecule has 0 aromatic heterocycles. The Morgan fingerprint density at radius 2 is 1.62 bits per heavy atom. The zero-order valence-electron chi connectivity index (χ0n) is 18.0. The van der Waals surface area contributed by atoms with Crippen LogP contribution in [0.15, 0.2) is 0 Å². The van der Waals surface area contributed by atoms with Gasteiger partial charge in [0, 0.05) is 0 Å². The van der Waals surface area contributed by atoms with Crippen molar-refractivity contribution in [2.45, 2.75) is 111 Å². The lowest BCUT2D eigenvalue weighted by atomic mass is 9.44. The summed E-state index contributed by atoms with van der Waals surface area (Å²) in [6.45, 7) is 10.1. The van der Waals surface area contributed by atoms with Crippen molar-refractivity contribution in [1.82, 2.24) is 0 Å². The van der Waals surface area contributed by atoms with Gasteiger partial charge in [-0.15, -0.1) is 0 Å². The molecule has 0 aliphatic heterocycles. The van der Waals surface area contributed by atoms with Crippen molar-refractivity contribution in [3.05, 3.63) is 0 Å². The number of aliphatic hydroxyl groups excluding tert-OH is 1. The van der Waals surface area contributed by atoms with Crippen LogP contribution >= 0.6 is 0 Å². The van der Waals surface area contributed by atoms with Crippen LogP contribution in [0.1, 0.15) is 105 Å². The summed E-state index contributed by atoms with van der Waals surface area (Å²) in [7, 11) is 0. The van der Waals surface area contributed by atoms with Gasteiger partial charge in [0.05, 0.1) is 6.10 Å². The van der Waals surface area contributed by atoms with E-state index >= 15 is 0 Å². The summed E-state index contributed by atoms with van der Waals surface area (Å²) in [6.07, 6.45) is 16.7. The topological polar surface area (TPSA) is 20.2 Å². The van der Waals surface area contributed by atoms with E-state index in [-0.39, 0.29) is 6.10 Å². The van der Waals surface area contributed by atoms with Crippen LogP contribution in [0.2, 0.25) is 0 Å². The maximum Gasteiger partial charge on any atom is 0.0543 e. The van der Waals surface area contributed by atoms with Crippen LogP contribution in [-0.4, -0.2) is 11.2 Å². The van der Waals surface area contributed by atoms with E-state index in [1.165, 1.54) is 64.2 Å². The molecule has 4 aliphatic rings. The predicted molar refractivity (Wildman–Crippen MR) is 110 cm³/mol. The molecular formula is C25H44O. The average molecular weight is 361 g/mol. The molecule has 8 unspecified atom stereocenters. The molecule has 0 bridgehead atoms. The van der Waals surface area contributed by atoms with Crippen LogP contribution in [-0.2, 0) is 0 Å². The smallest absolute Gasteiger partial charge is 0.0543 e. The van der Waals surface area contributed by atoms with Crippen molar-refractivity contribution < 1.29 is 5.11 Å². The monoisotopic (exact) mass is 360 g/mol. The van der Waals surface area contributed by atoms with E-state index in [2.05, 4.69) is 27.7 Å². The minimum Gasteiger partial charge on any atom is -0.393 e. The SMILES string of the molecule is CC(C)CCCC1CCC2C3CCC4CC(O)CCC4(C)C3CCC12C. The van der Waals surface area contributed by atoms with Crippen LogP contribution in [0.4, 0.5) is 0 Å². The quantitative estimate of drug-likeness (QED) is 0.582. The third kappa shape index (κ3) is 3.09. The fourth-order valence-electron chi connectivity index (χ4n) is 8.59. The van der Waals surface area contributed by atoms with E-state index < -0.39 is 0 Å². The lowest BCUT2D eigenvalue weighted by molar-refractivity contribution is -0.127. The Labute approximate surface area is 162 Å². The second-order valence-corrected chi connectivity index (χ2v) is 11.7. The van der Waals surface area contributed by atoms with Crippen LogP contribution in [0, 0.1) is 46.3 Å². The maximum atomic E-state index is 10.2. The van der Waals surface area contributed by atoms with Gasteiger partial charge in [0.15, 0.2) is 0 Å². The van der Waals surface area contributed by atoms with Crippen molar-refractivity contribution >= 4 is 0 Å². The number of hydrogen-bond acceptors (Lipinski definition) is 1. The highest BCUT2D eigenvalue weighted by molar-refractivity contribution is 5.09. The lowest BCUT2D eigenvalue weighted by Crippen LogP contribution is -2.53. The molecule has 0 amide bonds. The van der Waals surface area contributed by atoms with Crippen molar-refractivity contribution in [2.75, 3.05) is 0 Å². The summed E-state index contributed by atoms with van der Waals surface area (Å²) in [5.41, 5.74) is 1.19. The number of rotatable bonds is 4. The van der Waals surface area contributed by atoms with Crippen LogP contribution < -0.4 is 0 Å². The highest BCUT2D eigenvalue weighted by Crippen LogP contribution is 2.67. The Balaban J connectivity index is 1.47. The standard InChI is InChI=1S/C25H44O/c1-17(2)6-5-7-18-9-11-22-21-10-8-19-16-20(26)12-14-25(19,4)23(21)13-15-24(18,22)3/h17-23,26H,5-16H2,1-4H3. The average Bonchev–Trinajstić information content (AvgIpc) is 2.92. The highest BCUT2D eigenvalue weighted by atomic mass is 16.3. The molecule has 0 radical (unpaired) electrons. The predicted octanol–water partition coefficient (Wildman–Crippen LogP) is 6.83. The Hall–Kier alpha value is -0.0400. The first kappa shape index (κ1) is 19.3. The zero-order chi connectivity index (χ0) is 18.5. The molecule has 1 heteroatoms. The summed E-state index contributed by atoms with van der Waals surface area (Å²) in [5.74, 6) is 5.65. The van der Waals surface area contributed by atoms with Crippen molar-refractivity contribution in [1.29, 1.82) is 0 Å². The second-order valence-electron chi connectivity index (χ2n) is 11.7. The highest BCUT2D eigenvalue weighted by Gasteiger charge is 2.59. The maximum absolute atomic E-state index is 10.2. The fraction of sp³-hybridized carbons (Fsp3) is 1.00. The van der Waals surface area contributed by atoms with E-state index in [1.54, 1.807) is 0 Å². The first-order valence-electron chi connectivity index (χ1n) is 12.0. The van der Waals surface area contributed by atoms with E-state index in [9.17, 15) is 5.11 Å². The zero-order valence-corrected chi connectivity index (χ0v) is 18.0. The molecule has 0 heterocycles. The van der Waals surface area contributed by atoms with Crippen LogP contribution in [0.5, 0.6) is 0 Å². The Kier molecular flexibility index (Phi) is 5.26. The largest absolute Gasteiger partial charge is 0.393 e. The molecular weight excluding hydrogens is 316 g/mol. The molecule has 26 heavy (non-hydrogen) atoms. The molecule has 150 valence electrons. The molecule has 4 saturated carbocycles. The molecule has 1 nitrogen and oxygen atoms in total. The summed E-state index contributed by atoms with van der Waals surface area (Å²) >= 11 is 0. The molecule has 8 atom stereocenters. The van der Waals surface area contributed by atoms with Gasteiger partial charge in [0.25, 0.3) is 0 Å². The van der Waals surface area contributed by atoms with Crippen molar-refractivity contribution in [2.24, 2.45) is 46.3 Å². The molecule has 0 aromatic carbocycles. The molecule has 1 N–H and O–H groups in total. The van der Waals surface area contributed by atoms with E-state index in [4.69, 9.17) is 0 Å². The van der Waals surface area contributed by atoms with Crippen LogP contribution in [0.25, 0.3) is 0 Å². The van der Waals surface area contributed by atoms with Gasteiger partial charge in [-0.1, -0.05) is 40.5 Å². The third-order valence-electron chi connectivity index (χ3n) is 10.2. The Morgan fingerprint density at radius 1 is 0.885 bits per heavy atom. The molecule has 4 rings (SSSR count). The van der Waals surface area contributed by atoms with Crippen molar-refractivity contribution in [3.63, 3.8) is 0 Å². The first-order valence-corrected chi connectivity index (χ1v) is 12.0.